The smallest absolute Gasteiger partial charge is 0.300 e. The first-order valence-corrected chi connectivity index (χ1v) is 11.9. The monoisotopic (exact) mass is 497 g/mol. The number of benzene rings is 4. The topological polar surface area (TPSA) is 66.8 Å². The lowest BCUT2D eigenvalue weighted by atomic mass is 9.91. The van der Waals surface area contributed by atoms with Crippen LogP contribution in [0.1, 0.15) is 29.2 Å². The molecule has 1 amide bonds. The number of ether oxygens (including phenoxy) is 1. The van der Waals surface area contributed by atoms with Crippen LogP contribution in [0.3, 0.4) is 0 Å². The van der Waals surface area contributed by atoms with Gasteiger partial charge in [-0.3, -0.25) is 14.5 Å². The van der Waals surface area contributed by atoms with Crippen molar-refractivity contribution in [3.05, 3.63) is 113 Å². The van der Waals surface area contributed by atoms with E-state index in [1.54, 1.807) is 30.3 Å². The number of aliphatic hydroxyl groups excluding tert-OH is 1. The number of rotatable bonds is 3. The lowest BCUT2D eigenvalue weighted by Crippen LogP contribution is -2.29. The zero-order chi connectivity index (χ0) is 25.7. The van der Waals surface area contributed by atoms with Gasteiger partial charge in [0.1, 0.15) is 11.5 Å². The fourth-order valence-electron chi connectivity index (χ4n) is 5.18. The molecule has 0 bridgehead atoms. The van der Waals surface area contributed by atoms with E-state index in [2.05, 4.69) is 0 Å². The summed E-state index contributed by atoms with van der Waals surface area (Å²) in [7, 11) is 0. The van der Waals surface area contributed by atoms with Gasteiger partial charge in [0.2, 0.25) is 0 Å². The molecule has 1 unspecified atom stereocenters. The van der Waals surface area contributed by atoms with E-state index in [4.69, 9.17) is 4.74 Å². The van der Waals surface area contributed by atoms with Gasteiger partial charge in [0.25, 0.3) is 11.7 Å². The van der Waals surface area contributed by atoms with Gasteiger partial charge in [0.05, 0.1) is 18.2 Å². The second-order valence-electron chi connectivity index (χ2n) is 9.11. The summed E-state index contributed by atoms with van der Waals surface area (Å²) >= 11 is 0. The largest absolute Gasteiger partial charge is 0.507 e. The molecule has 4 aromatic carbocycles. The summed E-state index contributed by atoms with van der Waals surface area (Å²) in [5.41, 5.74) is 1.73. The van der Waals surface area contributed by atoms with Crippen molar-refractivity contribution in [2.45, 2.75) is 18.9 Å². The zero-order valence-corrected chi connectivity index (χ0v) is 19.6. The second-order valence-corrected chi connectivity index (χ2v) is 9.11. The summed E-state index contributed by atoms with van der Waals surface area (Å²) in [6.45, 7) is 0.610. The molecule has 0 aromatic heterocycles. The van der Waals surface area contributed by atoms with Crippen LogP contribution in [0, 0.1) is 11.6 Å². The Morgan fingerprint density at radius 1 is 0.919 bits per heavy atom. The third kappa shape index (κ3) is 3.74. The summed E-state index contributed by atoms with van der Waals surface area (Å²) in [6.07, 6.45) is 1.58. The van der Waals surface area contributed by atoms with Crippen molar-refractivity contribution in [3.8, 4) is 5.75 Å². The van der Waals surface area contributed by atoms with Crippen LogP contribution in [-0.2, 0) is 16.0 Å². The number of fused-ring (bicyclic) bond motifs is 2. The molecule has 0 radical (unpaired) electrons. The predicted molar refractivity (Wildman–Crippen MR) is 135 cm³/mol. The molecule has 1 fully saturated rings. The number of nitrogens with zero attached hydrogens (tertiary/aromatic N) is 1. The maximum atomic E-state index is 14.2. The minimum atomic E-state index is -1.15. The predicted octanol–water partition coefficient (Wildman–Crippen LogP) is 6.07. The highest BCUT2D eigenvalue weighted by atomic mass is 19.2. The van der Waals surface area contributed by atoms with E-state index in [1.807, 2.05) is 30.3 Å². The zero-order valence-electron chi connectivity index (χ0n) is 19.6. The molecule has 7 heteroatoms. The number of hydrogen-bond donors (Lipinski definition) is 1. The van der Waals surface area contributed by atoms with Crippen molar-refractivity contribution in [1.82, 2.24) is 0 Å². The lowest BCUT2D eigenvalue weighted by Gasteiger charge is -2.26. The van der Waals surface area contributed by atoms with Crippen molar-refractivity contribution in [2.75, 3.05) is 11.5 Å². The number of hydrogen-bond acceptors (Lipinski definition) is 4. The SMILES string of the molecule is O=C1C(=O)N(c2ccc(F)c(F)c2)C(c2cccc3ccccc23)/C1=C(/O)c1ccc2c(c1)CCCO2. The number of aryl methyl sites for hydroxylation is 1. The third-order valence-electron chi connectivity index (χ3n) is 6.93. The average molecular weight is 497 g/mol. The van der Waals surface area contributed by atoms with E-state index < -0.39 is 29.4 Å². The van der Waals surface area contributed by atoms with Crippen LogP contribution in [0.5, 0.6) is 5.75 Å². The molecule has 0 aliphatic carbocycles. The van der Waals surface area contributed by atoms with Crippen molar-refractivity contribution in [1.29, 1.82) is 0 Å². The molecule has 1 saturated heterocycles. The molecule has 2 heterocycles. The molecule has 2 aliphatic heterocycles. The fourth-order valence-corrected chi connectivity index (χ4v) is 5.18. The van der Waals surface area contributed by atoms with Crippen LogP contribution in [0.4, 0.5) is 14.5 Å². The number of halogens is 2. The van der Waals surface area contributed by atoms with Gasteiger partial charge >= 0.3 is 0 Å². The van der Waals surface area contributed by atoms with E-state index in [9.17, 15) is 23.5 Å². The van der Waals surface area contributed by atoms with E-state index in [0.717, 1.165) is 52.0 Å². The minimum absolute atomic E-state index is 0.0109. The molecule has 0 spiro atoms. The van der Waals surface area contributed by atoms with Crippen LogP contribution in [0.15, 0.2) is 84.4 Å². The Hall–Kier alpha value is -4.52. The molecule has 4 aromatic rings. The number of anilines is 1. The molecular formula is C30H21F2NO4. The minimum Gasteiger partial charge on any atom is -0.507 e. The summed E-state index contributed by atoms with van der Waals surface area (Å²) in [6, 6.07) is 20.0. The Kier molecular flexibility index (Phi) is 5.48. The highest BCUT2D eigenvalue weighted by molar-refractivity contribution is 6.51. The third-order valence-corrected chi connectivity index (χ3v) is 6.93. The van der Waals surface area contributed by atoms with Crippen LogP contribution in [0.25, 0.3) is 16.5 Å². The van der Waals surface area contributed by atoms with E-state index >= 15 is 0 Å². The number of Topliss-reactive ketones (excluding diaryl/α,β-unsaturated/α-hetero) is 1. The van der Waals surface area contributed by atoms with Gasteiger partial charge in [-0.1, -0.05) is 42.5 Å². The van der Waals surface area contributed by atoms with Crippen LogP contribution >= 0.6 is 0 Å². The summed E-state index contributed by atoms with van der Waals surface area (Å²) in [4.78, 5) is 28.0. The highest BCUT2D eigenvalue weighted by Gasteiger charge is 2.47. The summed E-state index contributed by atoms with van der Waals surface area (Å²) in [5, 5.41) is 13.1. The molecule has 2 aliphatic rings. The molecule has 1 atom stereocenters. The van der Waals surface area contributed by atoms with Gasteiger partial charge in [-0.25, -0.2) is 8.78 Å². The van der Waals surface area contributed by atoms with Crippen molar-refractivity contribution in [2.24, 2.45) is 0 Å². The first-order valence-electron chi connectivity index (χ1n) is 11.9. The number of carbonyl (C=O) groups is 2. The number of aliphatic hydroxyl groups is 1. The van der Waals surface area contributed by atoms with Gasteiger partial charge in [-0.15, -0.1) is 0 Å². The molecule has 184 valence electrons. The Bertz CT molecular complexity index is 1620. The average Bonchev–Trinajstić information content (AvgIpc) is 3.19. The van der Waals surface area contributed by atoms with Crippen molar-refractivity contribution < 1.29 is 28.2 Å². The van der Waals surface area contributed by atoms with E-state index in [1.165, 1.54) is 6.07 Å². The van der Waals surface area contributed by atoms with Gasteiger partial charge in [-0.2, -0.15) is 0 Å². The number of carbonyl (C=O) groups excluding carboxylic acids is 2. The molecule has 0 saturated carbocycles. The van der Waals surface area contributed by atoms with E-state index in [0.29, 0.717) is 17.7 Å². The normalized spacial score (nSPS) is 18.6. The molecule has 1 N–H and O–H groups in total. The van der Waals surface area contributed by atoms with Gasteiger partial charge in [0.15, 0.2) is 11.6 Å². The lowest BCUT2D eigenvalue weighted by molar-refractivity contribution is -0.132. The molecular weight excluding hydrogens is 476 g/mol. The van der Waals surface area contributed by atoms with Gasteiger partial charge in [0, 0.05) is 17.3 Å². The Morgan fingerprint density at radius 2 is 1.73 bits per heavy atom. The molecule has 5 nitrogen and oxygen atoms in total. The Balaban J connectivity index is 1.60. The second kappa shape index (κ2) is 8.85. The first kappa shape index (κ1) is 22.9. The van der Waals surface area contributed by atoms with Gasteiger partial charge < -0.3 is 9.84 Å². The maximum absolute atomic E-state index is 14.2. The first-order chi connectivity index (χ1) is 17.9. The van der Waals surface area contributed by atoms with Crippen molar-refractivity contribution >= 4 is 33.9 Å². The molecule has 37 heavy (non-hydrogen) atoms. The number of amides is 1. The Labute approximate surface area is 211 Å². The van der Waals surface area contributed by atoms with Gasteiger partial charge in [-0.05, 0) is 65.1 Å². The Morgan fingerprint density at radius 3 is 2.57 bits per heavy atom. The van der Waals surface area contributed by atoms with Crippen molar-refractivity contribution in [3.63, 3.8) is 0 Å². The quantitative estimate of drug-likeness (QED) is 0.212. The summed E-state index contributed by atoms with van der Waals surface area (Å²) in [5.74, 6) is -3.68. The van der Waals surface area contributed by atoms with E-state index in [-0.39, 0.29) is 17.0 Å². The van der Waals surface area contributed by atoms with Crippen LogP contribution in [-0.4, -0.2) is 23.4 Å². The summed E-state index contributed by atoms with van der Waals surface area (Å²) < 4.78 is 33.7. The highest BCUT2D eigenvalue weighted by Crippen LogP contribution is 2.44. The molecule has 6 rings (SSSR count). The number of ketones is 1. The maximum Gasteiger partial charge on any atom is 0.300 e. The standard InChI is InChI=1S/C30H21F2NO4/c31-23-12-11-20(16-24(23)32)33-27(22-9-3-6-17-5-1-2-8-21(17)22)26(29(35)30(33)36)28(34)19-10-13-25-18(15-19)7-4-14-37-25/h1-3,5-6,8-13,15-16,27,34H,4,7,14H2/b28-26-. The van der Waals surface area contributed by atoms with Crippen LogP contribution < -0.4 is 9.64 Å². The van der Waals surface area contributed by atoms with Crippen LogP contribution in [0.2, 0.25) is 0 Å². The fraction of sp³-hybridized carbons (Fsp3) is 0.133.